The van der Waals surface area contributed by atoms with Crippen molar-refractivity contribution in [2.45, 2.75) is 31.8 Å². The van der Waals surface area contributed by atoms with Crippen LogP contribution in [0.25, 0.3) is 0 Å². The van der Waals surface area contributed by atoms with E-state index in [2.05, 4.69) is 10.6 Å². The average Bonchev–Trinajstić information content (AvgIpc) is 2.43. The molecule has 0 aliphatic carbocycles. The number of nitrogens with two attached hydrogens (primary N) is 1. The minimum atomic E-state index is -0.937. The van der Waals surface area contributed by atoms with E-state index < -0.39 is 30.0 Å². The summed E-state index contributed by atoms with van der Waals surface area (Å²) in [6.07, 6.45) is 0.186. The van der Waals surface area contributed by atoms with Gasteiger partial charge in [-0.15, -0.1) is 0 Å². The molecule has 0 saturated carbocycles. The number of urea groups is 1. The van der Waals surface area contributed by atoms with Crippen LogP contribution >= 0.6 is 0 Å². The molecule has 0 aliphatic heterocycles. The number of benzene rings is 1. The summed E-state index contributed by atoms with van der Waals surface area (Å²) >= 11 is 0. The minimum absolute atomic E-state index is 0.0720. The fourth-order valence-electron chi connectivity index (χ4n) is 1.85. The van der Waals surface area contributed by atoms with Crippen LogP contribution in [0.15, 0.2) is 30.3 Å². The fraction of sp³-hybridized carbons (Fsp3) is 0.357. The lowest BCUT2D eigenvalue weighted by atomic mass is 10.0. The van der Waals surface area contributed by atoms with E-state index in [-0.39, 0.29) is 12.8 Å². The van der Waals surface area contributed by atoms with E-state index in [1.165, 1.54) is 6.92 Å². The quantitative estimate of drug-likeness (QED) is 0.593. The summed E-state index contributed by atoms with van der Waals surface area (Å²) < 4.78 is 0. The van der Waals surface area contributed by atoms with Crippen LogP contribution in [-0.2, 0) is 9.59 Å². The molecule has 1 rings (SSSR count). The third-order valence-corrected chi connectivity index (χ3v) is 2.92. The highest BCUT2D eigenvalue weighted by atomic mass is 16.4. The van der Waals surface area contributed by atoms with E-state index in [0.717, 1.165) is 5.56 Å². The van der Waals surface area contributed by atoms with Crippen LogP contribution in [0, 0.1) is 0 Å². The summed E-state index contributed by atoms with van der Waals surface area (Å²) in [4.78, 5) is 33.4. The number of amides is 3. The zero-order chi connectivity index (χ0) is 15.8. The molecule has 0 bridgehead atoms. The van der Waals surface area contributed by atoms with Gasteiger partial charge in [-0.3, -0.25) is 9.59 Å². The maximum atomic E-state index is 12.0. The van der Waals surface area contributed by atoms with E-state index in [0.29, 0.717) is 0 Å². The smallest absolute Gasteiger partial charge is 0.312 e. The zero-order valence-electron chi connectivity index (χ0n) is 11.7. The third-order valence-electron chi connectivity index (χ3n) is 2.92. The highest BCUT2D eigenvalue weighted by Crippen LogP contribution is 2.18. The van der Waals surface area contributed by atoms with Gasteiger partial charge in [0, 0.05) is 6.42 Å². The highest BCUT2D eigenvalue weighted by molar-refractivity contribution is 5.86. The molecular formula is C14H19N3O4. The van der Waals surface area contributed by atoms with Crippen molar-refractivity contribution in [1.29, 1.82) is 0 Å². The molecule has 0 radical (unpaired) electrons. The Morgan fingerprint density at radius 2 is 1.81 bits per heavy atom. The van der Waals surface area contributed by atoms with Gasteiger partial charge in [0.1, 0.15) is 6.04 Å². The number of aliphatic carboxylic acids is 1. The summed E-state index contributed by atoms with van der Waals surface area (Å²) in [6, 6.07) is 7.03. The maximum absolute atomic E-state index is 12.0. The molecule has 1 aromatic carbocycles. The number of hydrogen-bond donors (Lipinski definition) is 4. The van der Waals surface area contributed by atoms with E-state index in [1.807, 2.05) is 6.07 Å². The van der Waals surface area contributed by atoms with Gasteiger partial charge >= 0.3 is 12.0 Å². The lowest BCUT2D eigenvalue weighted by molar-refractivity contribution is -0.137. The van der Waals surface area contributed by atoms with Crippen molar-refractivity contribution >= 4 is 17.9 Å². The van der Waals surface area contributed by atoms with E-state index >= 15 is 0 Å². The zero-order valence-corrected chi connectivity index (χ0v) is 11.7. The molecule has 3 amide bonds. The number of rotatable bonds is 7. The van der Waals surface area contributed by atoms with Crippen molar-refractivity contribution in [2.75, 3.05) is 0 Å². The molecule has 7 heteroatoms. The van der Waals surface area contributed by atoms with Crippen LogP contribution in [0.3, 0.4) is 0 Å². The Hall–Kier alpha value is -2.57. The van der Waals surface area contributed by atoms with Gasteiger partial charge in [-0.25, -0.2) is 4.79 Å². The van der Waals surface area contributed by atoms with Crippen LogP contribution in [0.4, 0.5) is 4.79 Å². The number of carboxylic acids is 1. The third kappa shape index (κ3) is 5.94. The summed E-state index contributed by atoms with van der Waals surface area (Å²) in [5, 5.41) is 13.8. The van der Waals surface area contributed by atoms with Crippen molar-refractivity contribution in [3.8, 4) is 0 Å². The predicted octanol–water partition coefficient (Wildman–Crippen LogP) is 0.766. The molecule has 0 saturated heterocycles. The Bertz CT molecular complexity index is 504. The van der Waals surface area contributed by atoms with Crippen molar-refractivity contribution in [2.24, 2.45) is 5.73 Å². The van der Waals surface area contributed by atoms with Gasteiger partial charge in [-0.2, -0.15) is 0 Å². The standard InChI is InChI=1S/C14H19N3O4/c1-9(16-14(15)21)13(20)17-11(7-8-12(18)19)10-5-3-2-4-6-10/h2-6,9,11H,7-8H2,1H3,(H,17,20)(H,18,19)(H3,15,16,21). The van der Waals surface area contributed by atoms with Gasteiger partial charge in [-0.05, 0) is 18.9 Å². The van der Waals surface area contributed by atoms with Crippen LogP contribution in [0.2, 0.25) is 0 Å². The lowest BCUT2D eigenvalue weighted by Gasteiger charge is -2.21. The maximum Gasteiger partial charge on any atom is 0.312 e. The molecule has 2 atom stereocenters. The Morgan fingerprint density at radius 3 is 2.33 bits per heavy atom. The van der Waals surface area contributed by atoms with Crippen LogP contribution in [0.1, 0.15) is 31.4 Å². The number of carboxylic acid groups (broad SMARTS) is 1. The molecule has 21 heavy (non-hydrogen) atoms. The monoisotopic (exact) mass is 293 g/mol. The Balaban J connectivity index is 2.75. The topological polar surface area (TPSA) is 122 Å². The SMILES string of the molecule is CC(NC(N)=O)C(=O)NC(CCC(=O)O)c1ccccc1. The molecule has 0 aliphatic rings. The lowest BCUT2D eigenvalue weighted by Crippen LogP contribution is -2.47. The first-order chi connectivity index (χ1) is 9.90. The second-order valence-electron chi connectivity index (χ2n) is 4.63. The van der Waals surface area contributed by atoms with Crippen molar-refractivity contribution in [3.63, 3.8) is 0 Å². The fourth-order valence-corrected chi connectivity index (χ4v) is 1.85. The number of carbonyl (C=O) groups excluding carboxylic acids is 2. The molecule has 0 spiro atoms. The van der Waals surface area contributed by atoms with Gasteiger partial charge in [0.25, 0.3) is 0 Å². The van der Waals surface area contributed by atoms with E-state index in [4.69, 9.17) is 10.8 Å². The average molecular weight is 293 g/mol. The van der Waals surface area contributed by atoms with Gasteiger partial charge in [0.2, 0.25) is 5.91 Å². The summed E-state index contributed by atoms with van der Waals surface area (Å²) in [5.41, 5.74) is 5.77. The van der Waals surface area contributed by atoms with Crippen molar-refractivity contribution in [1.82, 2.24) is 10.6 Å². The largest absolute Gasteiger partial charge is 0.481 e. The summed E-state index contributed by atoms with van der Waals surface area (Å²) in [7, 11) is 0. The van der Waals surface area contributed by atoms with Gasteiger partial charge in [-0.1, -0.05) is 30.3 Å². The number of primary amides is 1. The molecule has 0 heterocycles. The Labute approximate surface area is 122 Å². The van der Waals surface area contributed by atoms with Gasteiger partial charge in [0.05, 0.1) is 6.04 Å². The van der Waals surface area contributed by atoms with Gasteiger partial charge < -0.3 is 21.5 Å². The molecule has 0 aromatic heterocycles. The number of hydrogen-bond acceptors (Lipinski definition) is 3. The number of carbonyl (C=O) groups is 3. The Kier molecular flexibility index (Phi) is 6.19. The summed E-state index contributed by atoms with van der Waals surface area (Å²) in [5.74, 6) is -1.36. The minimum Gasteiger partial charge on any atom is -0.481 e. The first-order valence-electron chi connectivity index (χ1n) is 6.53. The second kappa shape index (κ2) is 7.88. The van der Waals surface area contributed by atoms with Gasteiger partial charge in [0.15, 0.2) is 0 Å². The molecule has 7 nitrogen and oxygen atoms in total. The first kappa shape index (κ1) is 16.5. The highest BCUT2D eigenvalue weighted by Gasteiger charge is 2.20. The molecule has 1 aromatic rings. The Morgan fingerprint density at radius 1 is 1.19 bits per heavy atom. The predicted molar refractivity (Wildman–Crippen MR) is 76.4 cm³/mol. The number of nitrogens with one attached hydrogen (secondary N) is 2. The normalized spacial score (nSPS) is 13.0. The second-order valence-corrected chi connectivity index (χ2v) is 4.63. The summed E-state index contributed by atoms with van der Waals surface area (Å²) in [6.45, 7) is 1.50. The molecule has 114 valence electrons. The van der Waals surface area contributed by atoms with E-state index in [9.17, 15) is 14.4 Å². The van der Waals surface area contributed by atoms with Crippen LogP contribution in [-0.4, -0.2) is 29.1 Å². The van der Waals surface area contributed by atoms with Crippen LogP contribution < -0.4 is 16.4 Å². The molecule has 5 N–H and O–H groups in total. The van der Waals surface area contributed by atoms with E-state index in [1.54, 1.807) is 24.3 Å². The molecule has 2 unspecified atom stereocenters. The van der Waals surface area contributed by atoms with Crippen LogP contribution in [0.5, 0.6) is 0 Å². The molecule has 0 fully saturated rings. The molecular weight excluding hydrogens is 274 g/mol. The van der Waals surface area contributed by atoms with Crippen molar-refractivity contribution in [3.05, 3.63) is 35.9 Å². The van der Waals surface area contributed by atoms with Crippen molar-refractivity contribution < 1.29 is 19.5 Å². The first-order valence-corrected chi connectivity index (χ1v) is 6.53.